The minimum absolute atomic E-state index is 0.121. The number of anilines is 1. The molecule has 1 unspecified atom stereocenters. The number of nitriles is 1. The van der Waals surface area contributed by atoms with Crippen molar-refractivity contribution in [3.8, 4) is 6.07 Å². The first kappa shape index (κ1) is 20.7. The highest BCUT2D eigenvalue weighted by atomic mass is 19.4. The number of aromatic nitrogens is 2. The zero-order valence-electron chi connectivity index (χ0n) is 17.2. The van der Waals surface area contributed by atoms with Crippen LogP contribution in [0.5, 0.6) is 0 Å². The summed E-state index contributed by atoms with van der Waals surface area (Å²) in [6.07, 6.45) is 0.609. The van der Waals surface area contributed by atoms with Gasteiger partial charge < -0.3 is 9.74 Å². The van der Waals surface area contributed by atoms with Crippen LogP contribution < -0.4 is 4.90 Å². The minimum Gasteiger partial charge on any atom is -0.387 e. The second-order valence-electron chi connectivity index (χ2n) is 8.28. The minimum atomic E-state index is -4.38. The fourth-order valence-corrected chi connectivity index (χ4v) is 4.93. The molecule has 0 spiro atoms. The summed E-state index contributed by atoms with van der Waals surface area (Å²) in [5, 5.41) is 13.6. The maximum absolute atomic E-state index is 13.1. The Morgan fingerprint density at radius 1 is 1.12 bits per heavy atom. The Labute approximate surface area is 183 Å². The lowest BCUT2D eigenvalue weighted by atomic mass is 9.98. The molecule has 0 N–H and O–H groups in total. The molecule has 166 valence electrons. The smallest absolute Gasteiger partial charge is 0.387 e. The van der Waals surface area contributed by atoms with Crippen molar-refractivity contribution in [2.45, 2.75) is 43.6 Å². The van der Waals surface area contributed by atoms with Gasteiger partial charge in [0.1, 0.15) is 6.07 Å². The summed E-state index contributed by atoms with van der Waals surface area (Å²) in [5.41, 5.74) is 1.03. The number of nitrogens with zero attached hydrogens (tertiary/aromatic N) is 6. The Morgan fingerprint density at radius 3 is 2.78 bits per heavy atom. The summed E-state index contributed by atoms with van der Waals surface area (Å²) in [5.74, 6) is 0.615. The van der Waals surface area contributed by atoms with Gasteiger partial charge in [0, 0.05) is 44.5 Å². The molecule has 7 nitrogen and oxygen atoms in total. The highest BCUT2D eigenvalue weighted by Gasteiger charge is 2.42. The monoisotopic (exact) mass is 442 g/mol. The van der Waals surface area contributed by atoms with Gasteiger partial charge in [0.25, 0.3) is 0 Å². The Bertz CT molecular complexity index is 1080. The number of hydrogen-bond acceptors (Lipinski definition) is 7. The van der Waals surface area contributed by atoms with Crippen LogP contribution in [0.25, 0.3) is 0 Å². The van der Waals surface area contributed by atoms with Gasteiger partial charge >= 0.3 is 6.18 Å². The molecule has 2 aromatic rings. The van der Waals surface area contributed by atoms with E-state index in [-0.39, 0.29) is 12.1 Å². The van der Waals surface area contributed by atoms with Crippen LogP contribution in [0.15, 0.2) is 41.8 Å². The first-order valence-electron chi connectivity index (χ1n) is 10.6. The molecule has 0 saturated carbocycles. The van der Waals surface area contributed by atoms with Crippen LogP contribution in [0.2, 0.25) is 0 Å². The van der Waals surface area contributed by atoms with Gasteiger partial charge in [-0.25, -0.2) is 9.97 Å². The third-order valence-electron chi connectivity index (χ3n) is 6.45. The zero-order valence-corrected chi connectivity index (χ0v) is 17.2. The molecule has 5 rings (SSSR count). The number of rotatable bonds is 3. The molecule has 32 heavy (non-hydrogen) atoms. The molecule has 0 amide bonds. The van der Waals surface area contributed by atoms with Crippen LogP contribution in [0, 0.1) is 11.3 Å². The standard InChI is InChI=1S/C22H21F3N6O/c23-22(24,25)15-3-1-2-14(10-15)20-11-17(29-32-20)19-5-4-16-13-30(8-9-31(16)19)21-18(12-26)27-6-7-28-21/h1-3,6-7,10,16,19-20H,4-5,8-9,11,13H2/t16-,19+,20?/m0/s1. The number of fused-ring (bicyclic) bond motifs is 1. The van der Waals surface area contributed by atoms with E-state index in [1.807, 2.05) is 0 Å². The molecule has 10 heteroatoms. The van der Waals surface area contributed by atoms with Crippen LogP contribution in [-0.4, -0.2) is 52.3 Å². The van der Waals surface area contributed by atoms with Crippen molar-refractivity contribution < 1.29 is 18.0 Å². The summed E-state index contributed by atoms with van der Waals surface area (Å²) < 4.78 is 39.2. The summed E-state index contributed by atoms with van der Waals surface area (Å²) in [4.78, 5) is 18.5. The molecule has 0 radical (unpaired) electrons. The Hall–Kier alpha value is -3.19. The van der Waals surface area contributed by atoms with Crippen molar-refractivity contribution in [1.29, 1.82) is 5.26 Å². The molecule has 3 aliphatic heterocycles. The lowest BCUT2D eigenvalue weighted by molar-refractivity contribution is -0.137. The second kappa shape index (κ2) is 8.06. The number of piperazine rings is 1. The zero-order chi connectivity index (χ0) is 22.3. The van der Waals surface area contributed by atoms with Crippen LogP contribution in [0.3, 0.4) is 0 Å². The maximum atomic E-state index is 13.1. The summed E-state index contributed by atoms with van der Waals surface area (Å²) in [6.45, 7) is 2.24. The van der Waals surface area contributed by atoms with Crippen LogP contribution >= 0.6 is 0 Å². The van der Waals surface area contributed by atoms with Crippen LogP contribution in [0.4, 0.5) is 19.0 Å². The third kappa shape index (κ3) is 3.77. The first-order chi connectivity index (χ1) is 15.4. The SMILES string of the molecule is N#Cc1nccnc1N1CCN2[C@@H](CC[C@@H]2C2=NOC(c3cccc(C(F)(F)F)c3)C2)C1. The Kier molecular flexibility index (Phi) is 5.21. The van der Waals surface area contributed by atoms with Crippen molar-refractivity contribution in [1.82, 2.24) is 14.9 Å². The highest BCUT2D eigenvalue weighted by Crippen LogP contribution is 2.37. The number of oxime groups is 1. The molecular weight excluding hydrogens is 421 g/mol. The normalized spacial score (nSPS) is 25.8. The van der Waals surface area contributed by atoms with Crippen molar-refractivity contribution in [2.24, 2.45) is 5.16 Å². The molecule has 2 fully saturated rings. The Balaban J connectivity index is 1.25. The van der Waals surface area contributed by atoms with E-state index in [4.69, 9.17) is 4.84 Å². The highest BCUT2D eigenvalue weighted by molar-refractivity contribution is 5.91. The molecule has 3 aliphatic rings. The molecular formula is C22H21F3N6O. The van der Waals surface area contributed by atoms with Gasteiger partial charge in [0.15, 0.2) is 17.6 Å². The molecule has 1 aromatic heterocycles. The van der Waals surface area contributed by atoms with E-state index in [0.29, 0.717) is 30.0 Å². The van der Waals surface area contributed by atoms with Crippen LogP contribution in [-0.2, 0) is 11.0 Å². The van der Waals surface area contributed by atoms with Gasteiger partial charge in [-0.15, -0.1) is 0 Å². The first-order valence-corrected chi connectivity index (χ1v) is 10.6. The van der Waals surface area contributed by atoms with E-state index >= 15 is 0 Å². The molecule has 0 aliphatic carbocycles. The van der Waals surface area contributed by atoms with Crippen molar-refractivity contribution in [3.05, 3.63) is 53.5 Å². The van der Waals surface area contributed by atoms with Gasteiger partial charge in [-0.3, -0.25) is 4.90 Å². The fourth-order valence-electron chi connectivity index (χ4n) is 4.93. The third-order valence-corrected chi connectivity index (χ3v) is 6.45. The number of benzene rings is 1. The summed E-state index contributed by atoms with van der Waals surface area (Å²) in [7, 11) is 0. The lowest BCUT2D eigenvalue weighted by Gasteiger charge is -2.40. The van der Waals surface area contributed by atoms with E-state index < -0.39 is 17.8 Å². The number of alkyl halides is 3. The van der Waals surface area contributed by atoms with Crippen molar-refractivity contribution in [3.63, 3.8) is 0 Å². The maximum Gasteiger partial charge on any atom is 0.416 e. The van der Waals surface area contributed by atoms with Gasteiger partial charge in [-0.1, -0.05) is 17.3 Å². The molecule has 2 saturated heterocycles. The fraction of sp³-hybridized carbons (Fsp3) is 0.455. The second-order valence-corrected chi connectivity index (χ2v) is 8.28. The quantitative estimate of drug-likeness (QED) is 0.724. The van der Waals surface area contributed by atoms with Crippen molar-refractivity contribution >= 4 is 11.5 Å². The van der Waals surface area contributed by atoms with E-state index in [1.165, 1.54) is 12.3 Å². The van der Waals surface area contributed by atoms with Gasteiger partial charge in [-0.05, 0) is 30.5 Å². The molecule has 1 aromatic carbocycles. The topological polar surface area (TPSA) is 77.6 Å². The van der Waals surface area contributed by atoms with Crippen LogP contribution in [0.1, 0.15) is 42.2 Å². The number of halogens is 3. The predicted molar refractivity (Wildman–Crippen MR) is 110 cm³/mol. The van der Waals surface area contributed by atoms with Gasteiger partial charge in [-0.2, -0.15) is 18.4 Å². The van der Waals surface area contributed by atoms with Gasteiger partial charge in [0.05, 0.1) is 17.3 Å². The molecule has 4 heterocycles. The predicted octanol–water partition coefficient (Wildman–Crippen LogP) is 3.54. The van der Waals surface area contributed by atoms with E-state index in [0.717, 1.165) is 43.8 Å². The lowest BCUT2D eigenvalue weighted by Crippen LogP contribution is -2.54. The number of hydrogen-bond donors (Lipinski definition) is 0. The molecule has 3 atom stereocenters. The van der Waals surface area contributed by atoms with E-state index in [9.17, 15) is 18.4 Å². The average Bonchev–Trinajstić information content (AvgIpc) is 3.45. The largest absolute Gasteiger partial charge is 0.416 e. The summed E-state index contributed by atoms with van der Waals surface area (Å²) >= 11 is 0. The van der Waals surface area contributed by atoms with Crippen molar-refractivity contribution in [2.75, 3.05) is 24.5 Å². The molecule has 0 bridgehead atoms. The van der Waals surface area contributed by atoms with E-state index in [2.05, 4.69) is 31.0 Å². The van der Waals surface area contributed by atoms with E-state index in [1.54, 1.807) is 12.3 Å². The average molecular weight is 442 g/mol. The van der Waals surface area contributed by atoms with Gasteiger partial charge in [0.2, 0.25) is 0 Å². The Morgan fingerprint density at radius 2 is 1.97 bits per heavy atom. The summed E-state index contributed by atoms with van der Waals surface area (Å²) in [6, 6.07) is 7.79.